The first-order valence-corrected chi connectivity index (χ1v) is 3.61. The van der Waals surface area contributed by atoms with Gasteiger partial charge >= 0.3 is 5.97 Å². The largest absolute Gasteiger partial charge is 0.481 e. The summed E-state index contributed by atoms with van der Waals surface area (Å²) in [6.45, 7) is 0.962. The molecule has 2 N–H and O–H groups in total. The van der Waals surface area contributed by atoms with E-state index in [1.54, 1.807) is 0 Å². The van der Waals surface area contributed by atoms with Crippen molar-refractivity contribution in [3.63, 3.8) is 0 Å². The van der Waals surface area contributed by atoms with E-state index >= 15 is 0 Å². The molecule has 1 fully saturated rings. The zero-order chi connectivity index (χ0) is 7.56. The van der Waals surface area contributed by atoms with Gasteiger partial charge in [0.05, 0.1) is 5.92 Å². The highest BCUT2D eigenvalue weighted by atomic mass is 16.4. The molecular weight excluding hydrogens is 130 g/mol. The Labute approximate surface area is 60.4 Å². The molecule has 0 amide bonds. The van der Waals surface area contributed by atoms with Crippen molar-refractivity contribution in [2.75, 3.05) is 13.6 Å². The Morgan fingerprint density at radius 1 is 1.70 bits per heavy atom. The number of rotatable bonds is 3. The van der Waals surface area contributed by atoms with Crippen molar-refractivity contribution in [3.8, 4) is 0 Å². The lowest BCUT2D eigenvalue weighted by Gasteiger charge is -2.31. The van der Waals surface area contributed by atoms with Crippen molar-refractivity contribution < 1.29 is 9.90 Å². The second-order valence-electron chi connectivity index (χ2n) is 2.93. The van der Waals surface area contributed by atoms with Gasteiger partial charge in [-0.1, -0.05) is 0 Å². The quantitative estimate of drug-likeness (QED) is 0.598. The van der Waals surface area contributed by atoms with E-state index in [0.29, 0.717) is 5.92 Å². The lowest BCUT2D eigenvalue weighted by molar-refractivity contribution is -0.146. The number of aliphatic carboxylic acids is 1. The van der Waals surface area contributed by atoms with Crippen molar-refractivity contribution in [3.05, 3.63) is 0 Å². The summed E-state index contributed by atoms with van der Waals surface area (Å²) in [5.74, 6) is -0.0863. The third-order valence-electron chi connectivity index (χ3n) is 2.08. The molecule has 1 saturated carbocycles. The fourth-order valence-corrected chi connectivity index (χ4v) is 1.39. The molecule has 10 heavy (non-hydrogen) atoms. The minimum absolute atomic E-state index is 0.0571. The molecule has 0 radical (unpaired) electrons. The summed E-state index contributed by atoms with van der Waals surface area (Å²) < 4.78 is 0. The van der Waals surface area contributed by atoms with Gasteiger partial charge in [-0.15, -0.1) is 0 Å². The van der Waals surface area contributed by atoms with E-state index in [0.717, 1.165) is 19.4 Å². The van der Waals surface area contributed by atoms with Crippen LogP contribution >= 0.6 is 0 Å². The molecule has 0 unspecified atom stereocenters. The summed E-state index contributed by atoms with van der Waals surface area (Å²) in [6.07, 6.45) is 1.71. The fourth-order valence-electron chi connectivity index (χ4n) is 1.39. The van der Waals surface area contributed by atoms with Crippen LogP contribution < -0.4 is 5.32 Å². The summed E-state index contributed by atoms with van der Waals surface area (Å²) in [5, 5.41) is 11.5. The summed E-state index contributed by atoms with van der Waals surface area (Å²) >= 11 is 0. The highest BCUT2D eigenvalue weighted by molar-refractivity contribution is 5.71. The first-order chi connectivity index (χ1) is 4.74. The highest BCUT2D eigenvalue weighted by Crippen LogP contribution is 2.32. The van der Waals surface area contributed by atoms with Crippen LogP contribution in [0.4, 0.5) is 0 Å². The molecule has 3 nitrogen and oxygen atoms in total. The van der Waals surface area contributed by atoms with E-state index in [9.17, 15) is 4.79 Å². The lowest BCUT2D eigenvalue weighted by atomic mass is 9.75. The molecule has 0 bridgehead atoms. The number of hydrogen-bond acceptors (Lipinski definition) is 2. The first-order valence-electron chi connectivity index (χ1n) is 3.61. The summed E-state index contributed by atoms with van der Waals surface area (Å²) in [4.78, 5) is 10.3. The van der Waals surface area contributed by atoms with Crippen molar-refractivity contribution >= 4 is 5.97 Å². The van der Waals surface area contributed by atoms with Crippen LogP contribution in [0.3, 0.4) is 0 Å². The average molecular weight is 143 g/mol. The Hall–Kier alpha value is -0.570. The van der Waals surface area contributed by atoms with Crippen LogP contribution in [0.25, 0.3) is 0 Å². The fraction of sp³-hybridized carbons (Fsp3) is 0.857. The SMILES string of the molecule is CNCC1CC(C(=O)O)C1. The maximum Gasteiger partial charge on any atom is 0.306 e. The second-order valence-corrected chi connectivity index (χ2v) is 2.93. The zero-order valence-electron chi connectivity index (χ0n) is 6.13. The predicted octanol–water partition coefficient (Wildman–Crippen LogP) is 0.317. The first kappa shape index (κ1) is 7.54. The number of hydrogen-bond donors (Lipinski definition) is 2. The van der Waals surface area contributed by atoms with E-state index in [-0.39, 0.29) is 5.92 Å². The minimum Gasteiger partial charge on any atom is -0.481 e. The van der Waals surface area contributed by atoms with Crippen LogP contribution in [0.5, 0.6) is 0 Å². The van der Waals surface area contributed by atoms with E-state index in [2.05, 4.69) is 5.32 Å². The molecule has 58 valence electrons. The molecule has 3 heteroatoms. The molecule has 0 heterocycles. The number of carboxylic acids is 1. The van der Waals surface area contributed by atoms with E-state index in [1.807, 2.05) is 7.05 Å². The summed E-state index contributed by atoms with van der Waals surface area (Å²) in [6, 6.07) is 0. The van der Waals surface area contributed by atoms with E-state index in [4.69, 9.17) is 5.11 Å². The molecule has 1 aliphatic carbocycles. The van der Waals surface area contributed by atoms with Crippen molar-refractivity contribution in [1.82, 2.24) is 5.32 Å². The number of nitrogens with one attached hydrogen (secondary N) is 1. The van der Waals surface area contributed by atoms with E-state index < -0.39 is 5.97 Å². The molecular formula is C7H13NO2. The molecule has 1 rings (SSSR count). The van der Waals surface area contributed by atoms with Gasteiger partial charge in [0, 0.05) is 0 Å². The molecule has 0 spiro atoms. The smallest absolute Gasteiger partial charge is 0.306 e. The minimum atomic E-state index is -0.632. The molecule has 1 aliphatic rings. The van der Waals surface area contributed by atoms with Gasteiger partial charge in [0.15, 0.2) is 0 Å². The predicted molar refractivity (Wildman–Crippen MR) is 37.8 cm³/mol. The molecule has 0 atom stereocenters. The van der Waals surface area contributed by atoms with Gasteiger partial charge in [-0.2, -0.15) is 0 Å². The Morgan fingerprint density at radius 2 is 2.30 bits per heavy atom. The van der Waals surface area contributed by atoms with Gasteiger partial charge in [0.25, 0.3) is 0 Å². The third-order valence-corrected chi connectivity index (χ3v) is 2.08. The van der Waals surface area contributed by atoms with Gasteiger partial charge in [0.1, 0.15) is 0 Å². The van der Waals surface area contributed by atoms with Gasteiger partial charge in [-0.05, 0) is 32.4 Å². The Morgan fingerprint density at radius 3 is 2.70 bits per heavy atom. The van der Waals surface area contributed by atoms with Crippen LogP contribution in [-0.2, 0) is 4.79 Å². The molecule has 0 aliphatic heterocycles. The van der Waals surface area contributed by atoms with Crippen molar-refractivity contribution in [2.24, 2.45) is 11.8 Å². The van der Waals surface area contributed by atoms with Crippen LogP contribution in [0, 0.1) is 11.8 Å². The molecule has 0 saturated heterocycles. The van der Waals surface area contributed by atoms with Crippen LogP contribution in [-0.4, -0.2) is 24.7 Å². The standard InChI is InChI=1S/C7H13NO2/c1-8-4-5-2-6(3-5)7(9)10/h5-6,8H,2-4H2,1H3,(H,9,10). The maximum atomic E-state index is 10.3. The maximum absolute atomic E-state index is 10.3. The number of carbonyl (C=O) groups is 1. The van der Waals surface area contributed by atoms with Crippen molar-refractivity contribution in [2.45, 2.75) is 12.8 Å². The lowest BCUT2D eigenvalue weighted by Crippen LogP contribution is -2.35. The highest BCUT2D eigenvalue weighted by Gasteiger charge is 2.33. The Balaban J connectivity index is 2.12. The second kappa shape index (κ2) is 3.01. The van der Waals surface area contributed by atoms with Gasteiger partial charge in [-0.25, -0.2) is 0 Å². The van der Waals surface area contributed by atoms with Gasteiger partial charge in [-0.3, -0.25) is 4.79 Å². The Kier molecular flexibility index (Phi) is 2.27. The summed E-state index contributed by atoms with van der Waals surface area (Å²) in [7, 11) is 1.90. The molecule has 0 aromatic carbocycles. The van der Waals surface area contributed by atoms with Crippen molar-refractivity contribution in [1.29, 1.82) is 0 Å². The van der Waals surface area contributed by atoms with Gasteiger partial charge in [0.2, 0.25) is 0 Å². The summed E-state index contributed by atoms with van der Waals surface area (Å²) in [5.41, 5.74) is 0. The zero-order valence-corrected chi connectivity index (χ0v) is 6.13. The third kappa shape index (κ3) is 1.48. The van der Waals surface area contributed by atoms with Crippen LogP contribution in [0.2, 0.25) is 0 Å². The normalized spacial score (nSPS) is 31.3. The monoisotopic (exact) mass is 143 g/mol. The van der Waals surface area contributed by atoms with E-state index in [1.165, 1.54) is 0 Å². The molecule has 0 aromatic heterocycles. The topological polar surface area (TPSA) is 49.3 Å². The van der Waals surface area contributed by atoms with Crippen LogP contribution in [0.15, 0.2) is 0 Å². The van der Waals surface area contributed by atoms with Crippen LogP contribution in [0.1, 0.15) is 12.8 Å². The Bertz CT molecular complexity index is 130. The molecule has 0 aromatic rings. The van der Waals surface area contributed by atoms with Gasteiger partial charge < -0.3 is 10.4 Å². The number of carboxylic acid groups (broad SMARTS) is 1. The average Bonchev–Trinajstić information content (AvgIpc) is 1.76.